The minimum atomic E-state index is -1.12. The number of carboxylic acids is 1. The molecule has 0 aliphatic carbocycles. The Labute approximate surface area is 124 Å². The normalized spacial score (nSPS) is 12.0. The average Bonchev–Trinajstić information content (AvgIpc) is 2.35. The van der Waals surface area contributed by atoms with Crippen LogP contribution in [0.4, 0.5) is 0 Å². The fourth-order valence-corrected chi connectivity index (χ4v) is 1.94. The third kappa shape index (κ3) is 3.96. The van der Waals surface area contributed by atoms with Crippen LogP contribution >= 0.6 is 34.8 Å². The lowest BCUT2D eigenvalue weighted by Gasteiger charge is -2.14. The van der Waals surface area contributed by atoms with Gasteiger partial charge in [-0.1, -0.05) is 48.1 Å². The predicted octanol–water partition coefficient (Wildman–Crippen LogP) is 3.02. The van der Waals surface area contributed by atoms with Crippen molar-refractivity contribution in [3.05, 3.63) is 27.0 Å². The summed E-state index contributed by atoms with van der Waals surface area (Å²) < 4.78 is 0. The molecular formula is C11H11Cl3N2O3. The fraction of sp³-hybridized carbons (Fsp3) is 0.364. The lowest BCUT2D eigenvalue weighted by atomic mass is 10.1. The number of hydrogen-bond acceptors (Lipinski definition) is 3. The summed E-state index contributed by atoms with van der Waals surface area (Å²) >= 11 is 17.3. The van der Waals surface area contributed by atoms with Gasteiger partial charge in [-0.15, -0.1) is 0 Å². The molecule has 8 heteroatoms. The van der Waals surface area contributed by atoms with E-state index in [9.17, 15) is 9.59 Å². The molecule has 1 rings (SSSR count). The summed E-state index contributed by atoms with van der Waals surface area (Å²) in [5.41, 5.74) is -0.154. The van der Waals surface area contributed by atoms with Gasteiger partial charge in [0.2, 0.25) is 0 Å². The zero-order valence-electron chi connectivity index (χ0n) is 9.91. The van der Waals surface area contributed by atoms with E-state index < -0.39 is 17.9 Å². The molecule has 1 aromatic heterocycles. The van der Waals surface area contributed by atoms with E-state index >= 15 is 0 Å². The first kappa shape index (κ1) is 16.0. The molecule has 5 nitrogen and oxygen atoms in total. The van der Waals surface area contributed by atoms with Crippen molar-refractivity contribution in [1.82, 2.24) is 10.3 Å². The van der Waals surface area contributed by atoms with Crippen LogP contribution < -0.4 is 5.32 Å². The van der Waals surface area contributed by atoms with Crippen LogP contribution in [0.15, 0.2) is 6.20 Å². The summed E-state index contributed by atoms with van der Waals surface area (Å²) in [6, 6.07) is -0.996. The molecule has 0 aliphatic rings. The van der Waals surface area contributed by atoms with E-state index in [1.807, 2.05) is 6.92 Å². The highest BCUT2D eigenvalue weighted by atomic mass is 35.5. The van der Waals surface area contributed by atoms with Crippen molar-refractivity contribution in [2.45, 2.75) is 25.8 Å². The Morgan fingerprint density at radius 3 is 2.53 bits per heavy atom. The number of nitrogens with one attached hydrogen (secondary N) is 1. The molecule has 0 spiro atoms. The van der Waals surface area contributed by atoms with E-state index in [4.69, 9.17) is 39.9 Å². The first-order valence-corrected chi connectivity index (χ1v) is 6.55. The summed E-state index contributed by atoms with van der Waals surface area (Å²) in [7, 11) is 0. The van der Waals surface area contributed by atoms with Crippen LogP contribution in [-0.4, -0.2) is 28.0 Å². The average molecular weight is 326 g/mol. The zero-order chi connectivity index (χ0) is 14.6. The molecular weight excluding hydrogens is 314 g/mol. The molecule has 0 saturated carbocycles. The van der Waals surface area contributed by atoms with Crippen LogP contribution in [0.2, 0.25) is 15.1 Å². The first-order valence-electron chi connectivity index (χ1n) is 5.41. The van der Waals surface area contributed by atoms with Gasteiger partial charge in [-0.25, -0.2) is 9.78 Å². The van der Waals surface area contributed by atoms with E-state index in [0.717, 1.165) is 0 Å². The van der Waals surface area contributed by atoms with Crippen LogP contribution in [0.3, 0.4) is 0 Å². The molecule has 0 radical (unpaired) electrons. The van der Waals surface area contributed by atoms with Gasteiger partial charge in [0.25, 0.3) is 5.91 Å². The summed E-state index contributed by atoms with van der Waals surface area (Å²) in [5.74, 6) is -1.82. The zero-order valence-corrected chi connectivity index (χ0v) is 12.2. The lowest BCUT2D eigenvalue weighted by molar-refractivity contribution is -0.139. The molecule has 0 unspecified atom stereocenters. The molecule has 0 saturated heterocycles. The largest absolute Gasteiger partial charge is 0.480 e. The van der Waals surface area contributed by atoms with Crippen LogP contribution in [0, 0.1) is 0 Å². The number of carbonyl (C=O) groups is 2. The minimum absolute atomic E-state index is 0.00542. The third-order valence-electron chi connectivity index (χ3n) is 2.31. The summed E-state index contributed by atoms with van der Waals surface area (Å²) in [4.78, 5) is 26.6. The van der Waals surface area contributed by atoms with Crippen molar-refractivity contribution in [3.63, 3.8) is 0 Å². The van der Waals surface area contributed by atoms with Crippen molar-refractivity contribution in [1.29, 1.82) is 0 Å². The Morgan fingerprint density at radius 1 is 1.37 bits per heavy atom. The summed E-state index contributed by atoms with van der Waals surface area (Å²) in [6.45, 7) is 1.81. The Hall–Kier alpha value is -1.04. The molecule has 1 heterocycles. The number of aromatic nitrogens is 1. The van der Waals surface area contributed by atoms with Gasteiger partial charge in [0.15, 0.2) is 0 Å². The molecule has 1 atom stereocenters. The van der Waals surface area contributed by atoms with Gasteiger partial charge in [-0.2, -0.15) is 0 Å². The Kier molecular flexibility index (Phi) is 5.85. The monoisotopic (exact) mass is 324 g/mol. The van der Waals surface area contributed by atoms with Crippen LogP contribution in [0.5, 0.6) is 0 Å². The highest BCUT2D eigenvalue weighted by molar-refractivity contribution is 6.48. The summed E-state index contributed by atoms with van der Waals surface area (Å²) in [6.07, 6.45) is 2.10. The van der Waals surface area contributed by atoms with Crippen molar-refractivity contribution in [3.8, 4) is 0 Å². The van der Waals surface area contributed by atoms with Gasteiger partial charge < -0.3 is 10.4 Å². The number of carbonyl (C=O) groups excluding carboxylic acids is 1. The van der Waals surface area contributed by atoms with Crippen molar-refractivity contribution in [2.24, 2.45) is 0 Å². The highest BCUT2D eigenvalue weighted by Gasteiger charge is 2.23. The first-order chi connectivity index (χ1) is 8.88. The third-order valence-corrected chi connectivity index (χ3v) is 3.55. The second-order valence-electron chi connectivity index (χ2n) is 3.74. The van der Waals surface area contributed by atoms with E-state index in [-0.39, 0.29) is 20.8 Å². The predicted molar refractivity (Wildman–Crippen MR) is 73.1 cm³/mol. The number of hydrogen-bond donors (Lipinski definition) is 2. The maximum atomic E-state index is 11.9. The Bertz CT molecular complexity index is 508. The van der Waals surface area contributed by atoms with Crippen LogP contribution in [-0.2, 0) is 4.79 Å². The van der Waals surface area contributed by atoms with Crippen molar-refractivity contribution < 1.29 is 14.7 Å². The summed E-state index contributed by atoms with van der Waals surface area (Å²) in [5, 5.41) is 11.3. The molecule has 0 aromatic carbocycles. The van der Waals surface area contributed by atoms with Crippen LogP contribution in [0.1, 0.15) is 30.3 Å². The number of carboxylic acid groups (broad SMARTS) is 1. The standard InChI is InChI=1S/C11H11Cl3N2O3/c1-2-3-6(11(18)19)16-10(17)9-8(14)7(13)5(12)4-15-9/h4,6H,2-3H2,1H3,(H,16,17)(H,18,19)/t6-/m0/s1. The Balaban J connectivity index is 2.95. The maximum Gasteiger partial charge on any atom is 0.326 e. The maximum absolute atomic E-state index is 11.9. The fourth-order valence-electron chi connectivity index (χ4n) is 1.37. The molecule has 0 bridgehead atoms. The number of halogens is 3. The van der Waals surface area contributed by atoms with E-state index in [2.05, 4.69) is 10.3 Å². The van der Waals surface area contributed by atoms with Gasteiger partial charge in [-0.3, -0.25) is 4.79 Å². The topological polar surface area (TPSA) is 79.3 Å². The van der Waals surface area contributed by atoms with Gasteiger partial charge >= 0.3 is 5.97 Å². The number of pyridine rings is 1. The number of rotatable bonds is 5. The quantitative estimate of drug-likeness (QED) is 0.872. The molecule has 0 fully saturated rings. The second kappa shape index (κ2) is 6.93. The van der Waals surface area contributed by atoms with Gasteiger partial charge in [0, 0.05) is 6.20 Å². The number of amides is 1. The number of aliphatic carboxylic acids is 1. The lowest BCUT2D eigenvalue weighted by Crippen LogP contribution is -2.41. The number of nitrogens with zero attached hydrogens (tertiary/aromatic N) is 1. The van der Waals surface area contributed by atoms with E-state index in [1.54, 1.807) is 0 Å². The van der Waals surface area contributed by atoms with Gasteiger partial charge in [-0.05, 0) is 6.42 Å². The van der Waals surface area contributed by atoms with E-state index in [1.165, 1.54) is 6.20 Å². The van der Waals surface area contributed by atoms with Crippen molar-refractivity contribution >= 4 is 46.7 Å². The molecule has 1 amide bonds. The molecule has 0 aliphatic heterocycles. The Morgan fingerprint density at radius 2 is 2.00 bits per heavy atom. The SMILES string of the molecule is CCC[C@H](NC(=O)c1ncc(Cl)c(Cl)c1Cl)C(=O)O. The minimum Gasteiger partial charge on any atom is -0.480 e. The van der Waals surface area contributed by atoms with Crippen molar-refractivity contribution in [2.75, 3.05) is 0 Å². The van der Waals surface area contributed by atoms with Crippen LogP contribution in [0.25, 0.3) is 0 Å². The molecule has 2 N–H and O–H groups in total. The van der Waals surface area contributed by atoms with E-state index in [0.29, 0.717) is 12.8 Å². The second-order valence-corrected chi connectivity index (χ2v) is 4.90. The molecule has 104 valence electrons. The molecule has 19 heavy (non-hydrogen) atoms. The van der Waals surface area contributed by atoms with Gasteiger partial charge in [0.05, 0.1) is 15.1 Å². The smallest absolute Gasteiger partial charge is 0.326 e. The highest BCUT2D eigenvalue weighted by Crippen LogP contribution is 2.31. The molecule has 1 aromatic rings. The van der Waals surface area contributed by atoms with Gasteiger partial charge in [0.1, 0.15) is 11.7 Å².